The van der Waals surface area contributed by atoms with Crippen molar-refractivity contribution in [2.45, 2.75) is 26.3 Å². The van der Waals surface area contributed by atoms with Crippen LogP contribution in [-0.4, -0.2) is 33.4 Å². The lowest BCUT2D eigenvalue weighted by Crippen LogP contribution is -2.33. The standard InChI is InChI=1S/C14H17Cl2N3O/c1-3-18(4-2)13(20)9-19-11-7-5-6-10(16)14(11)17-12(19)8-15/h5-7H,3-4,8-9H2,1-2H3. The van der Waals surface area contributed by atoms with Gasteiger partial charge in [0.15, 0.2) is 0 Å². The number of hydrogen-bond acceptors (Lipinski definition) is 2. The van der Waals surface area contributed by atoms with E-state index in [1.807, 2.05) is 30.5 Å². The number of benzene rings is 1. The van der Waals surface area contributed by atoms with Gasteiger partial charge in [-0.2, -0.15) is 0 Å². The second-order valence-electron chi connectivity index (χ2n) is 4.42. The van der Waals surface area contributed by atoms with Crippen LogP contribution in [0.2, 0.25) is 5.02 Å². The molecule has 0 fully saturated rings. The van der Waals surface area contributed by atoms with Gasteiger partial charge in [0.1, 0.15) is 17.9 Å². The molecule has 0 unspecified atom stereocenters. The van der Waals surface area contributed by atoms with Gasteiger partial charge in [-0.15, -0.1) is 11.6 Å². The largest absolute Gasteiger partial charge is 0.342 e. The fourth-order valence-corrected chi connectivity index (χ4v) is 2.67. The zero-order chi connectivity index (χ0) is 14.7. The zero-order valence-corrected chi connectivity index (χ0v) is 13.1. The molecule has 1 aromatic heterocycles. The molecule has 1 heterocycles. The van der Waals surface area contributed by atoms with Crippen molar-refractivity contribution >= 4 is 40.1 Å². The fraction of sp³-hybridized carbons (Fsp3) is 0.429. The van der Waals surface area contributed by atoms with Crippen LogP contribution in [0.3, 0.4) is 0 Å². The molecule has 6 heteroatoms. The van der Waals surface area contributed by atoms with Crippen molar-refractivity contribution < 1.29 is 4.79 Å². The van der Waals surface area contributed by atoms with E-state index in [1.165, 1.54) is 0 Å². The zero-order valence-electron chi connectivity index (χ0n) is 11.6. The van der Waals surface area contributed by atoms with Gasteiger partial charge < -0.3 is 9.47 Å². The molecule has 2 aromatic rings. The summed E-state index contributed by atoms with van der Waals surface area (Å²) in [5.74, 6) is 0.965. The number of para-hydroxylation sites is 1. The second kappa shape index (κ2) is 6.46. The van der Waals surface area contributed by atoms with E-state index in [-0.39, 0.29) is 18.3 Å². The first-order valence-corrected chi connectivity index (χ1v) is 7.50. The number of alkyl halides is 1. The molecule has 2 rings (SSSR count). The molecule has 0 aliphatic heterocycles. The van der Waals surface area contributed by atoms with Gasteiger partial charge in [0.2, 0.25) is 5.91 Å². The average molecular weight is 314 g/mol. The number of imidazole rings is 1. The topological polar surface area (TPSA) is 38.1 Å². The van der Waals surface area contributed by atoms with E-state index < -0.39 is 0 Å². The van der Waals surface area contributed by atoms with E-state index in [1.54, 1.807) is 11.0 Å². The molecule has 0 radical (unpaired) electrons. The summed E-state index contributed by atoms with van der Waals surface area (Å²) < 4.78 is 1.84. The van der Waals surface area contributed by atoms with Crippen LogP contribution in [0.25, 0.3) is 11.0 Å². The third-order valence-corrected chi connectivity index (χ3v) is 3.88. The Morgan fingerprint density at radius 2 is 2.05 bits per heavy atom. The van der Waals surface area contributed by atoms with Gasteiger partial charge in [0.25, 0.3) is 0 Å². The summed E-state index contributed by atoms with van der Waals surface area (Å²) in [4.78, 5) is 18.5. The molecular weight excluding hydrogens is 297 g/mol. The number of carbonyl (C=O) groups excluding carboxylic acids is 1. The third-order valence-electron chi connectivity index (χ3n) is 3.34. The highest BCUT2D eigenvalue weighted by Crippen LogP contribution is 2.24. The first-order valence-electron chi connectivity index (χ1n) is 6.59. The Kier molecular flexibility index (Phi) is 4.89. The van der Waals surface area contributed by atoms with Gasteiger partial charge in [0.05, 0.1) is 16.4 Å². The number of halogens is 2. The van der Waals surface area contributed by atoms with Crippen LogP contribution in [0, 0.1) is 0 Å². The smallest absolute Gasteiger partial charge is 0.242 e. The van der Waals surface area contributed by atoms with Gasteiger partial charge in [0, 0.05) is 13.1 Å². The number of rotatable bonds is 5. The molecule has 0 bridgehead atoms. The summed E-state index contributed by atoms with van der Waals surface area (Å²) in [7, 11) is 0. The fourth-order valence-electron chi connectivity index (χ4n) is 2.25. The van der Waals surface area contributed by atoms with E-state index in [9.17, 15) is 4.79 Å². The molecule has 0 N–H and O–H groups in total. The monoisotopic (exact) mass is 313 g/mol. The van der Waals surface area contributed by atoms with E-state index in [0.29, 0.717) is 29.5 Å². The maximum Gasteiger partial charge on any atom is 0.242 e. The highest BCUT2D eigenvalue weighted by atomic mass is 35.5. The Morgan fingerprint density at radius 1 is 1.35 bits per heavy atom. The molecule has 1 aromatic carbocycles. The number of hydrogen-bond donors (Lipinski definition) is 0. The molecule has 0 aliphatic carbocycles. The second-order valence-corrected chi connectivity index (χ2v) is 5.10. The molecule has 108 valence electrons. The van der Waals surface area contributed by atoms with E-state index in [0.717, 1.165) is 5.52 Å². The van der Waals surface area contributed by atoms with Crippen LogP contribution in [-0.2, 0) is 17.2 Å². The third kappa shape index (κ3) is 2.76. The van der Waals surface area contributed by atoms with Crippen molar-refractivity contribution in [1.82, 2.24) is 14.5 Å². The van der Waals surface area contributed by atoms with Crippen LogP contribution in [0.4, 0.5) is 0 Å². The van der Waals surface area contributed by atoms with Crippen molar-refractivity contribution in [3.05, 3.63) is 29.0 Å². The van der Waals surface area contributed by atoms with Crippen molar-refractivity contribution in [2.24, 2.45) is 0 Å². The molecule has 0 aliphatic rings. The summed E-state index contributed by atoms with van der Waals surface area (Å²) in [5, 5.41) is 0.572. The first-order chi connectivity index (χ1) is 9.62. The first kappa shape index (κ1) is 15.1. The highest BCUT2D eigenvalue weighted by molar-refractivity contribution is 6.35. The summed E-state index contributed by atoms with van der Waals surface area (Å²) in [6.07, 6.45) is 0. The number of fused-ring (bicyclic) bond motifs is 1. The molecule has 0 spiro atoms. The normalized spacial score (nSPS) is 11.0. The molecule has 0 saturated carbocycles. The van der Waals surface area contributed by atoms with E-state index >= 15 is 0 Å². The van der Waals surface area contributed by atoms with Crippen LogP contribution >= 0.6 is 23.2 Å². The molecule has 1 amide bonds. The number of aromatic nitrogens is 2. The van der Waals surface area contributed by atoms with E-state index in [4.69, 9.17) is 23.2 Å². The minimum absolute atomic E-state index is 0.0562. The lowest BCUT2D eigenvalue weighted by atomic mass is 10.3. The van der Waals surface area contributed by atoms with Crippen LogP contribution in [0.15, 0.2) is 18.2 Å². The molecule has 20 heavy (non-hydrogen) atoms. The van der Waals surface area contributed by atoms with Crippen molar-refractivity contribution in [2.75, 3.05) is 13.1 Å². The Balaban J connectivity index is 2.43. The summed E-state index contributed by atoms with van der Waals surface area (Å²) in [6.45, 7) is 5.55. The minimum atomic E-state index is 0.0562. The Labute approximate surface area is 128 Å². The lowest BCUT2D eigenvalue weighted by Gasteiger charge is -2.19. The minimum Gasteiger partial charge on any atom is -0.342 e. The van der Waals surface area contributed by atoms with Crippen LogP contribution < -0.4 is 0 Å². The number of nitrogens with zero attached hydrogens (tertiary/aromatic N) is 3. The quantitative estimate of drug-likeness (QED) is 0.794. The van der Waals surface area contributed by atoms with Crippen LogP contribution in [0.5, 0.6) is 0 Å². The number of carbonyl (C=O) groups is 1. The molecular formula is C14H17Cl2N3O. The van der Waals surface area contributed by atoms with Gasteiger partial charge >= 0.3 is 0 Å². The lowest BCUT2D eigenvalue weighted by molar-refractivity contribution is -0.131. The van der Waals surface area contributed by atoms with Gasteiger partial charge in [-0.05, 0) is 26.0 Å². The average Bonchev–Trinajstić information content (AvgIpc) is 2.80. The summed E-state index contributed by atoms with van der Waals surface area (Å²) in [6, 6.07) is 5.54. The maximum absolute atomic E-state index is 12.3. The Bertz CT molecular complexity index is 620. The maximum atomic E-state index is 12.3. The predicted molar refractivity (Wildman–Crippen MR) is 82.2 cm³/mol. The molecule has 0 saturated heterocycles. The van der Waals surface area contributed by atoms with Gasteiger partial charge in [-0.25, -0.2) is 4.98 Å². The Hall–Kier alpha value is -1.26. The van der Waals surface area contributed by atoms with Gasteiger partial charge in [-0.3, -0.25) is 4.79 Å². The number of likely N-dealkylation sites (N-methyl/N-ethyl adjacent to an activating group) is 1. The highest BCUT2D eigenvalue weighted by Gasteiger charge is 2.17. The summed E-state index contributed by atoms with van der Waals surface area (Å²) >= 11 is 12.1. The Morgan fingerprint density at radius 3 is 2.65 bits per heavy atom. The SMILES string of the molecule is CCN(CC)C(=O)Cn1c(CCl)nc2c(Cl)cccc21. The molecule has 4 nitrogen and oxygen atoms in total. The van der Waals surface area contributed by atoms with Crippen molar-refractivity contribution in [1.29, 1.82) is 0 Å². The molecule has 0 atom stereocenters. The number of amides is 1. The summed E-state index contributed by atoms with van der Waals surface area (Å²) in [5.41, 5.74) is 1.53. The predicted octanol–water partition coefficient (Wildman–Crippen LogP) is 3.30. The van der Waals surface area contributed by atoms with Crippen LogP contribution in [0.1, 0.15) is 19.7 Å². The van der Waals surface area contributed by atoms with E-state index in [2.05, 4.69) is 4.98 Å². The van der Waals surface area contributed by atoms with Crippen molar-refractivity contribution in [3.63, 3.8) is 0 Å². The van der Waals surface area contributed by atoms with Crippen molar-refractivity contribution in [3.8, 4) is 0 Å². The van der Waals surface area contributed by atoms with Gasteiger partial charge in [-0.1, -0.05) is 17.7 Å².